The largest absolute Gasteiger partial charge is 0.470 e. The number of hydrogen-bond acceptors (Lipinski definition) is 14. The summed E-state index contributed by atoms with van der Waals surface area (Å²) in [4.78, 5) is 107. The Bertz CT molecular complexity index is 1860. The summed E-state index contributed by atoms with van der Waals surface area (Å²) in [6, 6.07) is 0.210. The van der Waals surface area contributed by atoms with Crippen LogP contribution in [-0.2, 0) is 61.8 Å². The third kappa shape index (κ3) is 205. The number of esters is 1. The Hall–Kier alpha value is -2.70. The molecule has 0 saturated heterocycles. The lowest BCUT2D eigenvalue weighted by Crippen LogP contribution is -2.22. The van der Waals surface area contributed by atoms with Crippen molar-refractivity contribution in [1.29, 1.82) is 0 Å². The van der Waals surface area contributed by atoms with E-state index in [0.29, 0.717) is 60.4 Å². The second-order valence-corrected chi connectivity index (χ2v) is 39.3. The van der Waals surface area contributed by atoms with E-state index in [4.69, 9.17) is 47.1 Å². The number of ketones is 8. The van der Waals surface area contributed by atoms with Crippen molar-refractivity contribution < 1.29 is 61.8 Å². The van der Waals surface area contributed by atoms with Crippen LogP contribution in [0.2, 0.25) is 76.0 Å². The summed E-state index contributed by atoms with van der Waals surface area (Å²) in [6.07, 6.45) is 7.88. The van der Waals surface area contributed by atoms with Crippen LogP contribution >= 0.6 is 45.0 Å². The van der Waals surface area contributed by atoms with E-state index in [1.807, 2.05) is 26.9 Å². The van der Waals surface area contributed by atoms with Crippen LogP contribution < -0.4 is 0 Å². The minimum atomic E-state index is -2.75. The van der Waals surface area contributed by atoms with Crippen LogP contribution in [0.4, 0.5) is 0 Å². The summed E-state index contributed by atoms with van der Waals surface area (Å²) < 4.78 is 15.5. The second-order valence-electron chi connectivity index (χ2n) is 17.2. The van der Waals surface area contributed by atoms with Gasteiger partial charge in [-0.3, -0.25) is 47.9 Å². The van der Waals surface area contributed by atoms with Crippen LogP contribution in [0.1, 0.15) is 245 Å². The number of allylic oxidation sites excluding steroid dienone is 8. The Labute approximate surface area is 682 Å². The van der Waals surface area contributed by atoms with Gasteiger partial charge in [0.2, 0.25) is 0 Å². The number of rotatable bonds is 34. The molecule has 0 aromatic heterocycles. The summed E-state index contributed by atoms with van der Waals surface area (Å²) in [5.41, 5.74) is 2.38. The standard InChI is InChI=1S/C9H18O2Si.C8H14O3Si.C8H14O2SSi.C8H16O2Si.C6H12OSi.2C5H10OSi.C4H5Cl3OSi.24CH4/c1-7(2)9(10)6-12(5)11-8(3)4;1-6(2)7(9)4-8(10)11-5-12-3;1-3-7(9)4-5-8(10)11-6-12-2;1-7(2)8(9)4-5-10-6-11-3;1-5(2)6(7)4-8-3;2*1-3-5(6)4-7-2;1-2-4(8)3-9(5,6)7;;;;;;;;;;;;;;;;;;;;;;;;/h8,12H,1,6H2,2-5H3;1,4-5,12H2,2-3H3;3H,1,4-6,12H2,2H3;1,4-6,11H2,2-3H3;1,4,8H2,2-3H3;2*3H,1,4,7H2,2H3;2H,1,3H2;24*1H4. The molecule has 1 unspecified atom stereocenters. The smallest absolute Gasteiger partial charge is 0.348 e. The van der Waals surface area contributed by atoms with E-state index in [-0.39, 0.29) is 305 Å². The first-order valence-corrected chi connectivity index (χ1v) is 49.3. The summed E-state index contributed by atoms with van der Waals surface area (Å²) in [7, 11) is -1.80. The molecule has 0 bridgehead atoms. The molecule has 0 radical (unpaired) electrons. The SMILES string of the molecule is C.C.C.C.C.C.C.C.C.C.C.C.C.C.C.C.C.C.C.C.C.C.C.C.C=C(C)C(=O)CC(=O)OC[SiH2]C.C=C(C)C(=O)CCOC[SiH2]C.C=C(C)C(=O)C[SiH2]C.C=C(C)C(=O)C[SiH](C)OC(C)C.C=CC(=O)CCC(=O)SC[SiH2]C.C=CC(=O)C[SiH2]C.C=CC(=O)C[SiH2]C.C=CC(=O)C[Si](Cl)(Cl)Cl. The van der Waals surface area contributed by atoms with Gasteiger partial charge in [-0.2, -0.15) is 0 Å². The fourth-order valence-corrected chi connectivity index (χ4v) is 12.9. The molecular formula is C77H195Cl3O13SSi8. The van der Waals surface area contributed by atoms with Gasteiger partial charge in [0.05, 0.1) is 22.4 Å². The van der Waals surface area contributed by atoms with Crippen molar-refractivity contribution in [1.82, 2.24) is 0 Å². The van der Waals surface area contributed by atoms with Crippen molar-refractivity contribution >= 4 is 175 Å². The molecule has 0 aliphatic carbocycles. The predicted octanol–water partition coefficient (Wildman–Crippen LogP) is 23.0. The van der Waals surface area contributed by atoms with Crippen LogP contribution in [0.15, 0.2) is 99.2 Å². The number of thioether (sulfide) groups is 1. The van der Waals surface area contributed by atoms with Crippen molar-refractivity contribution in [3.05, 3.63) is 99.2 Å². The number of Topliss-reactive ketones (excluding diaryl/α,β-unsaturated/α-hetero) is 4. The van der Waals surface area contributed by atoms with Crippen LogP contribution in [-0.4, -0.2) is 160 Å². The van der Waals surface area contributed by atoms with Gasteiger partial charge in [-0.1, -0.05) is 282 Å². The lowest BCUT2D eigenvalue weighted by molar-refractivity contribution is -0.143. The average molecular weight is 1690 g/mol. The van der Waals surface area contributed by atoms with Crippen molar-refractivity contribution in [2.24, 2.45) is 0 Å². The van der Waals surface area contributed by atoms with Crippen LogP contribution in [0, 0.1) is 0 Å². The fourth-order valence-electron chi connectivity index (χ4n) is 4.14. The summed E-state index contributed by atoms with van der Waals surface area (Å²) >= 11 is 17.6. The summed E-state index contributed by atoms with van der Waals surface area (Å²) in [5, 5.41) is 1.13. The minimum absolute atomic E-state index is 0. The molecule has 0 aromatic carbocycles. The molecule has 1 atom stereocenters. The Balaban J connectivity index is -0.0000000178. The van der Waals surface area contributed by atoms with E-state index in [9.17, 15) is 47.9 Å². The number of carbonyl (C=O) groups is 10. The quantitative estimate of drug-likeness (QED) is 0.0147. The number of hydrogen-bond donors (Lipinski definition) is 0. The van der Waals surface area contributed by atoms with E-state index < -0.39 is 21.0 Å². The van der Waals surface area contributed by atoms with Gasteiger partial charge in [-0.15, -0.1) is 33.2 Å². The fraction of sp³-hybridized carbons (Fsp3) is 0.662. The highest BCUT2D eigenvalue weighted by atomic mass is 35.8. The number of carbonyl (C=O) groups excluding carboxylic acids is 10. The van der Waals surface area contributed by atoms with E-state index in [1.165, 1.54) is 30.0 Å². The van der Waals surface area contributed by atoms with Crippen LogP contribution in [0.3, 0.4) is 0 Å². The molecule has 0 aliphatic heterocycles. The molecule has 0 aliphatic rings. The monoisotopic (exact) mass is 1690 g/mol. The molecule has 0 fully saturated rings. The molecular weight excluding hydrogens is 1500 g/mol. The zero-order valence-corrected chi connectivity index (χ0v) is 63.6. The first kappa shape index (κ1) is 212. The molecule has 640 valence electrons. The molecule has 0 N–H and O–H groups in total. The maximum absolute atomic E-state index is 11.2. The number of ether oxygens (including phenoxy) is 2. The molecule has 13 nitrogen and oxygen atoms in total. The van der Waals surface area contributed by atoms with Crippen LogP contribution in [0.5, 0.6) is 0 Å². The van der Waals surface area contributed by atoms with E-state index >= 15 is 0 Å². The Kier molecular flexibility index (Phi) is 315. The van der Waals surface area contributed by atoms with E-state index in [1.54, 1.807) is 27.7 Å². The maximum atomic E-state index is 11.2. The van der Waals surface area contributed by atoms with Crippen molar-refractivity contribution in [3.8, 4) is 0 Å². The highest BCUT2D eigenvalue weighted by Crippen LogP contribution is 2.25. The first-order chi connectivity index (χ1) is 36.1. The van der Waals surface area contributed by atoms with Gasteiger partial charge in [-0.25, -0.2) is 0 Å². The minimum Gasteiger partial charge on any atom is -0.470 e. The molecule has 25 heteroatoms. The summed E-state index contributed by atoms with van der Waals surface area (Å²) in [5.74, 6) is -0.00503. The third-order valence-corrected chi connectivity index (χ3v) is 19.4. The lowest BCUT2D eigenvalue weighted by atomic mass is 10.2. The van der Waals surface area contributed by atoms with Gasteiger partial charge in [0.25, 0.3) is 0 Å². The molecule has 0 heterocycles. The van der Waals surface area contributed by atoms with Gasteiger partial charge in [0.15, 0.2) is 60.4 Å². The van der Waals surface area contributed by atoms with E-state index in [0.717, 1.165) is 35.8 Å². The topological polar surface area (TPSA) is 198 Å². The Morgan fingerprint density at radius 1 is 0.431 bits per heavy atom. The van der Waals surface area contributed by atoms with Gasteiger partial charge in [0, 0.05) is 91.3 Å². The summed E-state index contributed by atoms with van der Waals surface area (Å²) in [6.45, 7) is 53.6. The predicted molar refractivity (Wildman–Crippen MR) is 522 cm³/mol. The lowest BCUT2D eigenvalue weighted by Gasteiger charge is -2.13. The van der Waals surface area contributed by atoms with Crippen molar-refractivity contribution in [2.75, 3.05) is 24.4 Å². The molecule has 0 aromatic rings. The maximum Gasteiger partial charge on any atom is 0.348 e. The highest BCUT2D eigenvalue weighted by Gasteiger charge is 2.27. The van der Waals surface area contributed by atoms with Crippen molar-refractivity contribution in [3.63, 3.8) is 0 Å². The Morgan fingerprint density at radius 3 is 0.980 bits per heavy atom. The number of halogens is 3. The van der Waals surface area contributed by atoms with E-state index in [2.05, 4.69) is 85.4 Å². The van der Waals surface area contributed by atoms with Crippen molar-refractivity contribution in [2.45, 2.75) is 328 Å². The first-order valence-electron chi connectivity index (χ1n) is 26.1. The van der Waals surface area contributed by atoms with Gasteiger partial charge < -0.3 is 13.9 Å². The average Bonchev–Trinajstić information content (AvgIpc) is 3.36. The molecule has 0 amide bonds. The third-order valence-electron chi connectivity index (χ3n) is 8.27. The van der Waals surface area contributed by atoms with Gasteiger partial charge in [-0.05, 0) is 118 Å². The Morgan fingerprint density at radius 2 is 0.755 bits per heavy atom. The second kappa shape index (κ2) is 152. The molecule has 0 saturated carbocycles. The van der Waals surface area contributed by atoms with Gasteiger partial charge in [0.1, 0.15) is 6.42 Å². The molecule has 0 spiro atoms. The zero-order valence-electron chi connectivity index (χ0n) is 49.9. The van der Waals surface area contributed by atoms with Gasteiger partial charge >= 0.3 is 12.0 Å². The normalized spacial score (nSPS) is 8.25. The highest BCUT2D eigenvalue weighted by molar-refractivity contribution is 8.14. The zero-order chi connectivity index (χ0) is 62.8. The van der Waals surface area contributed by atoms with Crippen LogP contribution in [0.25, 0.3) is 0 Å². The molecule has 0 rings (SSSR count). The molecule has 102 heavy (non-hydrogen) atoms.